The molecule has 8 nitrogen and oxygen atoms in total. The highest BCUT2D eigenvalue weighted by Crippen LogP contribution is 2.36. The van der Waals surface area contributed by atoms with Crippen molar-refractivity contribution in [1.29, 1.82) is 0 Å². The summed E-state index contributed by atoms with van der Waals surface area (Å²) in [5.41, 5.74) is 11.3. The Kier molecular flexibility index (Phi) is 9.98. The van der Waals surface area contributed by atoms with Crippen molar-refractivity contribution in [2.75, 3.05) is 25.0 Å². The van der Waals surface area contributed by atoms with E-state index < -0.39 is 12.0 Å². The summed E-state index contributed by atoms with van der Waals surface area (Å²) in [5, 5.41) is 3.03. The molecule has 2 heterocycles. The Balaban J connectivity index is 1.11. The number of hydrogen-bond acceptors (Lipinski definition) is 5. The van der Waals surface area contributed by atoms with Crippen LogP contribution < -0.4 is 11.1 Å². The Morgan fingerprint density at radius 1 is 0.844 bits per heavy atom. The molecule has 1 saturated heterocycles. The molecule has 4 atom stereocenters. The number of benzene rings is 2. The van der Waals surface area contributed by atoms with Gasteiger partial charge >= 0.3 is 0 Å². The van der Waals surface area contributed by atoms with E-state index in [1.54, 1.807) is 4.90 Å². The molecule has 2 aliphatic carbocycles. The Hall–Kier alpha value is -3.52. The van der Waals surface area contributed by atoms with Crippen LogP contribution in [0.5, 0.6) is 0 Å². The number of anilines is 1. The number of ketones is 1. The Morgan fingerprint density at radius 3 is 2.42 bits per heavy atom. The van der Waals surface area contributed by atoms with Gasteiger partial charge in [0.15, 0.2) is 5.78 Å². The van der Waals surface area contributed by atoms with Crippen LogP contribution in [0, 0.1) is 17.8 Å². The van der Waals surface area contributed by atoms with Gasteiger partial charge in [0.05, 0.1) is 6.04 Å². The molecule has 2 aromatic carbocycles. The zero-order valence-electron chi connectivity index (χ0n) is 26.5. The number of fused-ring (bicyclic) bond motifs is 3. The minimum Gasteiger partial charge on any atom is -0.342 e. The Labute approximate surface area is 267 Å². The topological polar surface area (TPSA) is 113 Å². The van der Waals surface area contributed by atoms with Crippen molar-refractivity contribution in [3.8, 4) is 0 Å². The van der Waals surface area contributed by atoms with Gasteiger partial charge in [-0.3, -0.25) is 19.2 Å². The second-order valence-electron chi connectivity index (χ2n) is 13.7. The van der Waals surface area contributed by atoms with Gasteiger partial charge in [-0.2, -0.15) is 0 Å². The molecule has 6 rings (SSSR count). The van der Waals surface area contributed by atoms with Gasteiger partial charge in [-0.25, -0.2) is 0 Å². The lowest BCUT2D eigenvalue weighted by Gasteiger charge is -2.41. The molecular weight excluding hydrogens is 564 g/mol. The zero-order chi connectivity index (χ0) is 31.3. The summed E-state index contributed by atoms with van der Waals surface area (Å²) < 4.78 is 0. The third-order valence-corrected chi connectivity index (χ3v) is 10.8. The summed E-state index contributed by atoms with van der Waals surface area (Å²) in [5.74, 6) is 0.256. The minimum atomic E-state index is -0.673. The third-order valence-electron chi connectivity index (χ3n) is 10.8. The van der Waals surface area contributed by atoms with Crippen LogP contribution in [0.2, 0.25) is 0 Å². The van der Waals surface area contributed by atoms with Gasteiger partial charge < -0.3 is 20.9 Å². The van der Waals surface area contributed by atoms with E-state index in [2.05, 4.69) is 11.4 Å². The lowest BCUT2D eigenvalue weighted by Crippen LogP contribution is -2.50. The van der Waals surface area contributed by atoms with Gasteiger partial charge in [0.2, 0.25) is 17.7 Å². The van der Waals surface area contributed by atoms with E-state index in [0.717, 1.165) is 61.5 Å². The SMILES string of the molecule is NCC[C@H](CC(=O)[C@@H]1Cc2ccccc2CN1C(=O)CCC(=O)N1CCC2CCCCC2C1)C(=O)Nc1ccc2c(c1)CCC2. The number of Topliss-reactive ketones (excluding diaryl/α,β-unsaturated/α-hetero) is 1. The highest BCUT2D eigenvalue weighted by molar-refractivity contribution is 5.98. The van der Waals surface area contributed by atoms with Crippen LogP contribution in [-0.2, 0) is 45.0 Å². The van der Waals surface area contributed by atoms with Gasteiger partial charge in [0.1, 0.15) is 0 Å². The smallest absolute Gasteiger partial charge is 0.227 e. The highest BCUT2D eigenvalue weighted by Gasteiger charge is 2.37. The van der Waals surface area contributed by atoms with Crippen molar-refractivity contribution >= 4 is 29.2 Å². The third kappa shape index (κ3) is 7.32. The van der Waals surface area contributed by atoms with E-state index in [1.807, 2.05) is 41.3 Å². The molecule has 45 heavy (non-hydrogen) atoms. The van der Waals surface area contributed by atoms with Crippen LogP contribution in [0.4, 0.5) is 5.69 Å². The first-order chi connectivity index (χ1) is 21.9. The van der Waals surface area contributed by atoms with Crippen LogP contribution >= 0.6 is 0 Å². The van der Waals surface area contributed by atoms with Crippen LogP contribution in [-0.4, -0.2) is 59.0 Å². The van der Waals surface area contributed by atoms with Gasteiger partial charge in [-0.05, 0) is 91.3 Å². The number of carbonyl (C=O) groups excluding carboxylic acids is 4. The molecule has 240 valence electrons. The standard InChI is InChI=1S/C37H48N4O4/c38-18-16-29(37(45)39-32-13-12-25-10-5-11-27(25)20-32)22-34(42)33-21-28-7-2-4-9-31(28)24-41(33)36(44)15-14-35(43)40-19-17-26-6-1-3-8-30(26)23-40/h2,4,7,9,12-13,20,26,29-30,33H,1,3,5-6,8,10-11,14-19,21-24,38H2,(H,39,45)/t26?,29-,30?,33+/m1/s1. The Morgan fingerprint density at radius 2 is 1.60 bits per heavy atom. The van der Waals surface area contributed by atoms with E-state index in [0.29, 0.717) is 25.3 Å². The quantitative estimate of drug-likeness (QED) is 0.400. The monoisotopic (exact) mass is 612 g/mol. The molecule has 3 amide bonds. The van der Waals surface area contributed by atoms with E-state index in [4.69, 9.17) is 5.73 Å². The molecule has 3 N–H and O–H groups in total. The number of piperidine rings is 1. The molecule has 2 fully saturated rings. The van der Waals surface area contributed by atoms with Crippen molar-refractivity contribution in [2.24, 2.45) is 23.5 Å². The number of nitrogens with two attached hydrogens (primary N) is 1. The Bertz CT molecular complexity index is 1420. The maximum absolute atomic E-state index is 13.9. The van der Waals surface area contributed by atoms with Crippen molar-refractivity contribution in [2.45, 2.75) is 96.1 Å². The molecule has 2 unspecified atom stereocenters. The molecule has 0 aromatic heterocycles. The molecule has 0 spiro atoms. The number of nitrogens with one attached hydrogen (secondary N) is 1. The van der Waals surface area contributed by atoms with Gasteiger partial charge in [-0.1, -0.05) is 49.6 Å². The van der Waals surface area contributed by atoms with Gasteiger partial charge in [0, 0.05) is 56.9 Å². The fourth-order valence-corrected chi connectivity index (χ4v) is 8.22. The lowest BCUT2D eigenvalue weighted by molar-refractivity contribution is -0.144. The van der Waals surface area contributed by atoms with Crippen LogP contribution in [0.15, 0.2) is 42.5 Å². The van der Waals surface area contributed by atoms with Gasteiger partial charge in [-0.15, -0.1) is 0 Å². The van der Waals surface area contributed by atoms with Crippen molar-refractivity contribution < 1.29 is 19.2 Å². The van der Waals surface area contributed by atoms with Gasteiger partial charge in [0.25, 0.3) is 0 Å². The molecule has 4 aliphatic rings. The van der Waals surface area contributed by atoms with E-state index in [9.17, 15) is 19.2 Å². The molecule has 8 heteroatoms. The van der Waals surface area contributed by atoms with E-state index >= 15 is 0 Å². The first-order valence-corrected chi connectivity index (χ1v) is 17.2. The first-order valence-electron chi connectivity index (χ1n) is 17.2. The summed E-state index contributed by atoms with van der Waals surface area (Å²) in [6.45, 7) is 2.20. The van der Waals surface area contributed by atoms with E-state index in [-0.39, 0.29) is 49.3 Å². The predicted molar refractivity (Wildman–Crippen MR) is 174 cm³/mol. The summed E-state index contributed by atoms with van der Waals surface area (Å²) in [7, 11) is 0. The number of carbonyl (C=O) groups is 4. The average molecular weight is 613 g/mol. The first kappa shape index (κ1) is 31.5. The zero-order valence-corrected chi connectivity index (χ0v) is 26.5. The minimum absolute atomic E-state index is 0.0137. The number of rotatable bonds is 10. The average Bonchev–Trinajstić information content (AvgIpc) is 3.54. The number of amides is 3. The summed E-state index contributed by atoms with van der Waals surface area (Å²) in [6.07, 6.45) is 10.3. The molecule has 0 radical (unpaired) electrons. The van der Waals surface area contributed by atoms with Crippen LogP contribution in [0.3, 0.4) is 0 Å². The van der Waals surface area contributed by atoms with Crippen LogP contribution in [0.25, 0.3) is 0 Å². The number of hydrogen-bond donors (Lipinski definition) is 2. The van der Waals surface area contributed by atoms with E-state index in [1.165, 1.54) is 36.8 Å². The second kappa shape index (κ2) is 14.3. The molecular formula is C37H48N4O4. The van der Waals surface area contributed by atoms with Crippen molar-refractivity contribution in [1.82, 2.24) is 9.80 Å². The fourth-order valence-electron chi connectivity index (χ4n) is 8.22. The number of likely N-dealkylation sites (tertiary alicyclic amines) is 1. The molecule has 1 saturated carbocycles. The number of aryl methyl sites for hydroxylation is 2. The number of nitrogens with zero attached hydrogens (tertiary/aromatic N) is 2. The molecule has 2 aromatic rings. The van der Waals surface area contributed by atoms with Crippen molar-refractivity contribution in [3.63, 3.8) is 0 Å². The normalized spacial score (nSPS) is 23.0. The molecule has 0 bridgehead atoms. The maximum atomic E-state index is 13.9. The maximum Gasteiger partial charge on any atom is 0.227 e. The molecule has 2 aliphatic heterocycles. The summed E-state index contributed by atoms with van der Waals surface area (Å²) in [4.78, 5) is 57.9. The van der Waals surface area contributed by atoms with Crippen molar-refractivity contribution in [3.05, 3.63) is 64.7 Å². The summed E-state index contributed by atoms with van der Waals surface area (Å²) in [6, 6.07) is 13.3. The second-order valence-corrected chi connectivity index (χ2v) is 13.7. The fraction of sp³-hybridized carbons (Fsp3) is 0.568. The highest BCUT2D eigenvalue weighted by atomic mass is 16.2. The largest absolute Gasteiger partial charge is 0.342 e. The summed E-state index contributed by atoms with van der Waals surface area (Å²) >= 11 is 0. The lowest BCUT2D eigenvalue weighted by atomic mass is 9.75. The predicted octanol–water partition coefficient (Wildman–Crippen LogP) is 4.81. The van der Waals surface area contributed by atoms with Crippen LogP contribution in [0.1, 0.15) is 86.5 Å².